The van der Waals surface area contributed by atoms with Crippen LogP contribution in [-0.4, -0.2) is 24.9 Å². The molecule has 3 aromatic heterocycles. The number of fused-ring (bicyclic) bond motifs is 4. The predicted octanol–water partition coefficient (Wildman–Crippen LogP) is 2.70. The zero-order chi connectivity index (χ0) is 13.7. The molecule has 1 aliphatic rings. The highest BCUT2D eigenvalue weighted by Crippen LogP contribution is 2.42. The number of pyridine rings is 1. The van der Waals surface area contributed by atoms with E-state index in [1.807, 2.05) is 12.1 Å². The van der Waals surface area contributed by atoms with Gasteiger partial charge in [-0.25, -0.2) is 15.0 Å². The lowest BCUT2D eigenvalue weighted by molar-refractivity contribution is 0.580. The fourth-order valence-corrected chi connectivity index (χ4v) is 2.74. The van der Waals surface area contributed by atoms with Crippen molar-refractivity contribution in [3.8, 4) is 11.4 Å². The lowest BCUT2D eigenvalue weighted by Crippen LogP contribution is -2.18. The van der Waals surface area contributed by atoms with Crippen LogP contribution in [0.3, 0.4) is 0 Å². The molecule has 98 valence electrons. The molecule has 0 spiro atoms. The Morgan fingerprint density at radius 3 is 2.50 bits per heavy atom. The van der Waals surface area contributed by atoms with Crippen LogP contribution in [0.2, 0.25) is 0 Å². The van der Waals surface area contributed by atoms with E-state index in [0.29, 0.717) is 5.65 Å². The molecule has 0 saturated carbocycles. The molecule has 0 aliphatic heterocycles. The van der Waals surface area contributed by atoms with Crippen LogP contribution in [0.1, 0.15) is 37.1 Å². The summed E-state index contributed by atoms with van der Waals surface area (Å²) in [6, 6.07) is 3.83. The highest BCUT2D eigenvalue weighted by Gasteiger charge is 2.32. The Morgan fingerprint density at radius 1 is 0.800 bits per heavy atom. The molecule has 0 saturated heterocycles. The van der Waals surface area contributed by atoms with Gasteiger partial charge < -0.3 is 0 Å². The molecule has 3 aromatic rings. The number of rotatable bonds is 0. The summed E-state index contributed by atoms with van der Waals surface area (Å²) in [7, 11) is 0. The van der Waals surface area contributed by atoms with Crippen LogP contribution in [0.25, 0.3) is 22.6 Å². The largest absolute Gasteiger partial charge is 0.257 e. The standard InChI is InChI=1S/C15H13N5/c1-8-9(2)12-14(13-11(8)16-6-7-17-13)20-15-10(19-12)4-3-5-18-15/h3-9H,1-2H3. The minimum absolute atomic E-state index is 0.270. The predicted molar refractivity (Wildman–Crippen MR) is 75.2 cm³/mol. The van der Waals surface area contributed by atoms with Crippen molar-refractivity contribution >= 4 is 11.2 Å². The Balaban J connectivity index is 2.09. The van der Waals surface area contributed by atoms with Crippen LogP contribution in [-0.2, 0) is 0 Å². The van der Waals surface area contributed by atoms with Crippen molar-refractivity contribution in [1.82, 2.24) is 24.9 Å². The zero-order valence-corrected chi connectivity index (χ0v) is 11.3. The molecule has 4 rings (SSSR count). The molecule has 0 aromatic carbocycles. The summed E-state index contributed by atoms with van der Waals surface area (Å²) in [6.45, 7) is 4.33. The molecule has 20 heavy (non-hydrogen) atoms. The second-order valence-corrected chi connectivity index (χ2v) is 5.17. The third-order valence-electron chi connectivity index (χ3n) is 4.03. The zero-order valence-electron chi connectivity index (χ0n) is 11.3. The normalized spacial score (nSPS) is 20.5. The number of hydrogen-bond donors (Lipinski definition) is 0. The first kappa shape index (κ1) is 11.4. The van der Waals surface area contributed by atoms with Crippen LogP contribution in [0.5, 0.6) is 0 Å². The van der Waals surface area contributed by atoms with Crippen molar-refractivity contribution in [3.05, 3.63) is 42.1 Å². The van der Waals surface area contributed by atoms with Gasteiger partial charge in [0.05, 0.1) is 11.4 Å². The van der Waals surface area contributed by atoms with E-state index in [0.717, 1.165) is 28.3 Å². The number of aromatic nitrogens is 5. The van der Waals surface area contributed by atoms with Gasteiger partial charge in [0.15, 0.2) is 5.65 Å². The van der Waals surface area contributed by atoms with Gasteiger partial charge in [-0.1, -0.05) is 13.8 Å². The molecule has 3 heterocycles. The maximum absolute atomic E-state index is 4.75. The molecular weight excluding hydrogens is 250 g/mol. The van der Waals surface area contributed by atoms with Gasteiger partial charge in [-0.05, 0) is 12.1 Å². The van der Waals surface area contributed by atoms with Crippen molar-refractivity contribution in [3.63, 3.8) is 0 Å². The second kappa shape index (κ2) is 4.03. The lowest BCUT2D eigenvalue weighted by Gasteiger charge is -2.27. The van der Waals surface area contributed by atoms with Crippen LogP contribution in [0, 0.1) is 0 Å². The highest BCUT2D eigenvalue weighted by molar-refractivity contribution is 5.76. The summed E-state index contributed by atoms with van der Waals surface area (Å²) in [4.78, 5) is 22.6. The molecule has 0 bridgehead atoms. The van der Waals surface area contributed by atoms with Crippen LogP contribution in [0.15, 0.2) is 30.7 Å². The molecule has 0 fully saturated rings. The van der Waals surface area contributed by atoms with E-state index in [-0.39, 0.29) is 11.8 Å². The van der Waals surface area contributed by atoms with Gasteiger partial charge in [0, 0.05) is 30.4 Å². The summed E-state index contributed by atoms with van der Waals surface area (Å²) in [5.74, 6) is 0.556. The van der Waals surface area contributed by atoms with E-state index in [2.05, 4.69) is 33.8 Å². The smallest absolute Gasteiger partial charge is 0.178 e. The molecule has 2 unspecified atom stereocenters. The van der Waals surface area contributed by atoms with Gasteiger partial charge in [-0.15, -0.1) is 0 Å². The van der Waals surface area contributed by atoms with Crippen molar-refractivity contribution in [1.29, 1.82) is 0 Å². The molecule has 1 aliphatic carbocycles. The van der Waals surface area contributed by atoms with Gasteiger partial charge in [0.25, 0.3) is 0 Å². The van der Waals surface area contributed by atoms with E-state index in [1.165, 1.54) is 0 Å². The van der Waals surface area contributed by atoms with Crippen molar-refractivity contribution in [2.24, 2.45) is 0 Å². The Kier molecular flexibility index (Phi) is 2.30. The molecular formula is C15H13N5. The average molecular weight is 263 g/mol. The van der Waals surface area contributed by atoms with Crippen LogP contribution < -0.4 is 0 Å². The van der Waals surface area contributed by atoms with E-state index in [9.17, 15) is 0 Å². The quantitative estimate of drug-likeness (QED) is 0.624. The Bertz CT molecular complexity index is 814. The van der Waals surface area contributed by atoms with Gasteiger partial charge in [0.1, 0.15) is 16.9 Å². The van der Waals surface area contributed by atoms with Gasteiger partial charge in [0.2, 0.25) is 0 Å². The SMILES string of the molecule is CC1c2nccnc2-c2nc3ncccc3nc2C1C. The third kappa shape index (κ3) is 1.46. The number of nitrogens with zero attached hydrogens (tertiary/aromatic N) is 5. The summed E-state index contributed by atoms with van der Waals surface area (Å²) in [6.07, 6.45) is 5.17. The van der Waals surface area contributed by atoms with Gasteiger partial charge in [-0.2, -0.15) is 0 Å². The third-order valence-corrected chi connectivity index (χ3v) is 4.03. The van der Waals surface area contributed by atoms with E-state index >= 15 is 0 Å². The summed E-state index contributed by atoms with van der Waals surface area (Å²) < 4.78 is 0. The molecule has 5 nitrogen and oxygen atoms in total. The van der Waals surface area contributed by atoms with E-state index in [4.69, 9.17) is 4.98 Å². The Morgan fingerprint density at radius 2 is 1.60 bits per heavy atom. The summed E-state index contributed by atoms with van der Waals surface area (Å²) >= 11 is 0. The molecule has 2 atom stereocenters. The van der Waals surface area contributed by atoms with Gasteiger partial charge >= 0.3 is 0 Å². The Hall–Kier alpha value is -2.43. The van der Waals surface area contributed by atoms with Gasteiger partial charge in [-0.3, -0.25) is 9.97 Å². The van der Waals surface area contributed by atoms with Crippen molar-refractivity contribution in [2.45, 2.75) is 25.7 Å². The first-order chi connectivity index (χ1) is 9.75. The maximum atomic E-state index is 4.75. The van der Waals surface area contributed by atoms with Crippen LogP contribution >= 0.6 is 0 Å². The topological polar surface area (TPSA) is 64.5 Å². The number of hydrogen-bond acceptors (Lipinski definition) is 5. The van der Waals surface area contributed by atoms with E-state index in [1.54, 1.807) is 18.6 Å². The minimum atomic E-state index is 0.270. The van der Waals surface area contributed by atoms with Crippen molar-refractivity contribution in [2.75, 3.05) is 0 Å². The summed E-state index contributed by atoms with van der Waals surface area (Å²) in [5.41, 5.74) is 5.14. The molecule has 5 heteroatoms. The fourth-order valence-electron chi connectivity index (χ4n) is 2.74. The molecule has 0 N–H and O–H groups in total. The lowest BCUT2D eigenvalue weighted by atomic mass is 9.82. The van der Waals surface area contributed by atoms with Crippen molar-refractivity contribution < 1.29 is 0 Å². The molecule has 0 amide bonds. The molecule has 0 radical (unpaired) electrons. The maximum Gasteiger partial charge on any atom is 0.178 e. The highest BCUT2D eigenvalue weighted by atomic mass is 15.0. The first-order valence-electron chi connectivity index (χ1n) is 6.69. The monoisotopic (exact) mass is 263 g/mol. The minimum Gasteiger partial charge on any atom is -0.257 e. The first-order valence-corrected chi connectivity index (χ1v) is 6.69. The summed E-state index contributed by atoms with van der Waals surface area (Å²) in [5, 5.41) is 0. The second-order valence-electron chi connectivity index (χ2n) is 5.17. The average Bonchev–Trinajstić information content (AvgIpc) is 2.51. The van der Waals surface area contributed by atoms with Crippen LogP contribution in [0.4, 0.5) is 0 Å². The Labute approximate surface area is 116 Å². The fraction of sp³-hybridized carbons (Fsp3) is 0.267. The van der Waals surface area contributed by atoms with E-state index < -0.39 is 0 Å².